The Hall–Kier alpha value is -3.18. The van der Waals surface area contributed by atoms with Gasteiger partial charge in [-0.1, -0.05) is 0 Å². The highest BCUT2D eigenvalue weighted by molar-refractivity contribution is 5.88. The number of carbonyl (C=O) groups is 2. The first-order chi connectivity index (χ1) is 9.40. The van der Waals surface area contributed by atoms with Crippen LogP contribution in [0.4, 0.5) is 21.4 Å². The lowest BCUT2D eigenvalue weighted by atomic mass is 10.3. The maximum atomic E-state index is 10.7. The van der Waals surface area contributed by atoms with Crippen LogP contribution < -0.4 is 20.0 Å². The van der Waals surface area contributed by atoms with Crippen LogP contribution >= 0.6 is 0 Å². The van der Waals surface area contributed by atoms with Gasteiger partial charge in [-0.15, -0.1) is 0 Å². The van der Waals surface area contributed by atoms with Crippen molar-refractivity contribution in [1.82, 2.24) is 10.5 Å². The minimum atomic E-state index is -1.37. The highest BCUT2D eigenvalue weighted by Crippen LogP contribution is 2.27. The van der Waals surface area contributed by atoms with Crippen LogP contribution in [0.25, 0.3) is 11.4 Å². The van der Waals surface area contributed by atoms with Crippen LogP contribution in [-0.2, 0) is 14.1 Å². The number of rotatable bonds is 3. The first kappa shape index (κ1) is 13.3. The number of hydrogen-bond acceptors (Lipinski definition) is 6. The molecule has 0 aliphatic rings. The van der Waals surface area contributed by atoms with Gasteiger partial charge in [0.05, 0.1) is 0 Å². The fourth-order valence-corrected chi connectivity index (χ4v) is 1.55. The van der Waals surface area contributed by atoms with Crippen LogP contribution in [0.1, 0.15) is 0 Å². The highest BCUT2D eigenvalue weighted by atomic mass is 16.5. The first-order valence-corrected chi connectivity index (χ1v) is 5.12. The molecule has 0 atom stereocenters. The lowest BCUT2D eigenvalue weighted by molar-refractivity contribution is -0.755. The van der Waals surface area contributed by atoms with Gasteiger partial charge in [0.25, 0.3) is 0 Å². The van der Waals surface area contributed by atoms with Crippen molar-refractivity contribution in [1.29, 1.82) is 0 Å². The number of nitrogens with one attached hydrogen (secondary N) is 2. The van der Waals surface area contributed by atoms with E-state index in [0.29, 0.717) is 0 Å². The van der Waals surface area contributed by atoms with Crippen molar-refractivity contribution in [2.75, 3.05) is 10.6 Å². The van der Waals surface area contributed by atoms with Gasteiger partial charge in [-0.2, -0.15) is 0 Å². The molecule has 0 saturated heterocycles. The summed E-state index contributed by atoms with van der Waals surface area (Å²) in [5.74, 6) is -0.403. The van der Waals surface area contributed by atoms with Crippen molar-refractivity contribution in [3.63, 3.8) is 0 Å². The molecule has 20 heavy (non-hydrogen) atoms. The Morgan fingerprint density at radius 2 is 1.30 bits per heavy atom. The molecule has 2 rings (SSSR count). The van der Waals surface area contributed by atoms with Crippen molar-refractivity contribution in [3.8, 4) is 11.4 Å². The quantitative estimate of drug-likeness (QED) is 0.531. The average molecular weight is 286 g/mol. The normalized spacial score (nSPS) is 10.3. The monoisotopic (exact) mass is 286 g/mol. The summed E-state index contributed by atoms with van der Waals surface area (Å²) in [7, 11) is 2.95. The summed E-state index contributed by atoms with van der Waals surface area (Å²) in [4.78, 5) is 21.4. The summed E-state index contributed by atoms with van der Waals surface area (Å²) in [6.07, 6.45) is -2.73. The van der Waals surface area contributed by atoms with E-state index in [9.17, 15) is 9.59 Å². The standard InChI is InChI=1S/C8H8N6O6/c1-13-3(5(19-11-13)9-7(15)16)4-6(10-8(17)18)20-12-14(4)2/h11H,1-2H3,(H-,15,16,17,18)/p+2. The predicted octanol–water partition coefficient (Wildman–Crippen LogP) is -0.842. The summed E-state index contributed by atoms with van der Waals surface area (Å²) < 4.78 is 12.0. The van der Waals surface area contributed by atoms with Crippen LogP contribution in [-0.4, -0.2) is 32.9 Å². The zero-order valence-corrected chi connectivity index (χ0v) is 10.3. The van der Waals surface area contributed by atoms with Crippen LogP contribution in [0.15, 0.2) is 9.05 Å². The second kappa shape index (κ2) is 4.83. The van der Waals surface area contributed by atoms with Gasteiger partial charge < -0.3 is 10.2 Å². The second-order valence-corrected chi connectivity index (χ2v) is 3.61. The lowest BCUT2D eigenvalue weighted by Gasteiger charge is -1.93. The first-order valence-electron chi connectivity index (χ1n) is 5.12. The zero-order valence-electron chi connectivity index (χ0n) is 10.3. The predicted molar refractivity (Wildman–Crippen MR) is 57.6 cm³/mol. The van der Waals surface area contributed by atoms with Gasteiger partial charge in [0.15, 0.2) is 14.1 Å². The third-order valence-electron chi connectivity index (χ3n) is 2.25. The molecule has 2 amide bonds. The van der Waals surface area contributed by atoms with Gasteiger partial charge in [-0.05, 0) is 9.36 Å². The zero-order chi connectivity index (χ0) is 14.9. The summed E-state index contributed by atoms with van der Waals surface area (Å²) in [6.45, 7) is 0. The lowest BCUT2D eigenvalue weighted by Crippen LogP contribution is -2.39. The molecule has 0 fully saturated rings. The van der Waals surface area contributed by atoms with Gasteiger partial charge in [-0.25, -0.2) is 9.59 Å². The fraction of sp³-hybridized carbons (Fsp3) is 0.250. The van der Waals surface area contributed by atoms with E-state index in [0.717, 1.165) is 0 Å². The van der Waals surface area contributed by atoms with Crippen molar-refractivity contribution in [3.05, 3.63) is 0 Å². The average Bonchev–Trinajstić information content (AvgIpc) is 2.83. The molecule has 0 unspecified atom stereocenters. The molecule has 0 bridgehead atoms. The van der Waals surface area contributed by atoms with Crippen LogP contribution in [0, 0.1) is 0 Å². The number of aromatic nitrogens is 4. The molecule has 2 heterocycles. The maximum absolute atomic E-state index is 10.7. The minimum absolute atomic E-state index is 0.139. The van der Waals surface area contributed by atoms with Crippen LogP contribution in [0.3, 0.4) is 0 Å². The molecule has 12 heteroatoms. The van der Waals surface area contributed by atoms with Gasteiger partial charge in [0.2, 0.25) is 10.5 Å². The molecule has 0 aliphatic carbocycles. The van der Waals surface area contributed by atoms with E-state index < -0.39 is 12.2 Å². The maximum Gasteiger partial charge on any atom is 0.411 e. The molecule has 12 nitrogen and oxygen atoms in total. The minimum Gasteiger partial charge on any atom is -0.465 e. The molecular formula is C8H10N6O6+2. The number of hydrogen-bond donors (Lipinski definition) is 4. The SMILES string of the molecule is C[n+]1noc(NC(=O)O)c1-c1c(NC(=O)O)on[n+]1C. The Balaban J connectivity index is 2.56. The Bertz CT molecular complexity index is 617. The summed E-state index contributed by atoms with van der Waals surface area (Å²) in [5, 5.41) is 28.5. The van der Waals surface area contributed by atoms with Crippen LogP contribution in [0.2, 0.25) is 0 Å². The summed E-state index contributed by atoms with van der Waals surface area (Å²) in [6, 6.07) is 0. The smallest absolute Gasteiger partial charge is 0.411 e. The van der Waals surface area contributed by atoms with E-state index in [1.807, 2.05) is 10.6 Å². The topological polar surface area (TPSA) is 158 Å². The second-order valence-electron chi connectivity index (χ2n) is 3.61. The van der Waals surface area contributed by atoms with Gasteiger partial charge in [0, 0.05) is 0 Å². The van der Waals surface area contributed by atoms with Crippen molar-refractivity contribution >= 4 is 24.0 Å². The molecule has 0 saturated carbocycles. The Morgan fingerprint density at radius 3 is 1.60 bits per heavy atom. The summed E-state index contributed by atoms with van der Waals surface area (Å²) >= 11 is 0. The molecule has 0 radical (unpaired) electrons. The van der Waals surface area contributed by atoms with Crippen LogP contribution in [0.5, 0.6) is 0 Å². The Morgan fingerprint density at radius 1 is 0.950 bits per heavy atom. The molecule has 0 spiro atoms. The van der Waals surface area contributed by atoms with Crippen molar-refractivity contribution < 1.29 is 38.2 Å². The van der Waals surface area contributed by atoms with E-state index in [2.05, 4.69) is 10.5 Å². The number of carboxylic acid groups (broad SMARTS) is 2. The van der Waals surface area contributed by atoms with Gasteiger partial charge >= 0.3 is 35.3 Å². The Labute approximate surface area is 110 Å². The van der Waals surface area contributed by atoms with Gasteiger partial charge in [-0.3, -0.25) is 19.7 Å². The third-order valence-corrected chi connectivity index (χ3v) is 2.25. The van der Waals surface area contributed by atoms with E-state index in [-0.39, 0.29) is 23.2 Å². The van der Waals surface area contributed by atoms with E-state index >= 15 is 0 Å². The fourth-order valence-electron chi connectivity index (χ4n) is 1.55. The molecule has 2 aromatic rings. The van der Waals surface area contributed by atoms with Gasteiger partial charge in [0.1, 0.15) is 0 Å². The van der Waals surface area contributed by atoms with Crippen molar-refractivity contribution in [2.45, 2.75) is 0 Å². The molecule has 2 aromatic heterocycles. The number of nitrogens with zero attached hydrogens (tertiary/aromatic N) is 4. The molecule has 4 N–H and O–H groups in total. The molecular weight excluding hydrogens is 276 g/mol. The van der Waals surface area contributed by atoms with E-state index in [1.165, 1.54) is 23.5 Å². The molecule has 0 aromatic carbocycles. The van der Waals surface area contributed by atoms with Crippen molar-refractivity contribution in [2.24, 2.45) is 14.1 Å². The summed E-state index contributed by atoms with van der Waals surface area (Å²) in [5.41, 5.74) is 0.278. The largest absolute Gasteiger partial charge is 0.465 e. The Kier molecular flexibility index (Phi) is 3.20. The third kappa shape index (κ3) is 2.33. The molecule has 0 aliphatic heterocycles. The number of amides is 2. The highest BCUT2D eigenvalue weighted by Gasteiger charge is 2.40. The van der Waals surface area contributed by atoms with E-state index in [4.69, 9.17) is 19.3 Å². The number of anilines is 2. The number of aryl methyl sites for hydroxylation is 2. The van der Waals surface area contributed by atoms with E-state index in [1.54, 1.807) is 0 Å². The molecule has 106 valence electrons.